The molecule has 0 bridgehead atoms. The summed E-state index contributed by atoms with van der Waals surface area (Å²) < 4.78 is 14.6. The lowest BCUT2D eigenvalue weighted by Gasteiger charge is -2.08. The lowest BCUT2D eigenvalue weighted by atomic mass is 10.4. The number of nitrogens with one attached hydrogen (secondary N) is 1. The first-order chi connectivity index (χ1) is 9.47. The Kier molecular flexibility index (Phi) is 11.3. The topological polar surface area (TPSA) is 111 Å². The average molecular weight is 403 g/mol. The van der Waals surface area contributed by atoms with Crippen LogP contribution in [-0.2, 0) is 28.6 Å². The number of carbonyl (C=O) groups excluding carboxylic acids is 3. The minimum atomic E-state index is -1.27. The van der Waals surface area contributed by atoms with Gasteiger partial charge in [0, 0.05) is 6.54 Å². The van der Waals surface area contributed by atoms with Crippen molar-refractivity contribution < 1.29 is 33.7 Å². The first-order valence-corrected chi connectivity index (χ1v) is 7.40. The van der Waals surface area contributed by atoms with Crippen LogP contribution in [0.5, 0.6) is 0 Å². The smallest absolute Gasteiger partial charge is 0.344 e. The Hall–Kier alpha value is -0.940. The van der Waals surface area contributed by atoms with Gasteiger partial charge in [-0.15, -0.1) is 0 Å². The summed E-state index contributed by atoms with van der Waals surface area (Å²) in [7, 11) is 0. The standard InChI is InChI=1S/C11H18INO7/c1-8(14)11(17)20-7-10(16)19-5-4-18-3-2-13-9(15)6-12/h8,14H,2-7H2,1H3,(H,13,15). The maximum Gasteiger partial charge on any atom is 0.344 e. The predicted octanol–water partition coefficient (Wildman–Crippen LogP) is -0.979. The lowest BCUT2D eigenvalue weighted by Crippen LogP contribution is -2.28. The number of aliphatic hydroxyl groups excluding tert-OH is 1. The maximum absolute atomic E-state index is 11.1. The molecule has 0 radical (unpaired) electrons. The fraction of sp³-hybridized carbons (Fsp3) is 0.727. The van der Waals surface area contributed by atoms with E-state index in [0.29, 0.717) is 17.6 Å². The number of hydrogen-bond acceptors (Lipinski definition) is 7. The second kappa shape index (κ2) is 11.9. The molecule has 8 nitrogen and oxygen atoms in total. The Morgan fingerprint density at radius 1 is 1.20 bits per heavy atom. The summed E-state index contributed by atoms with van der Waals surface area (Å²) in [6, 6.07) is 0. The highest BCUT2D eigenvalue weighted by molar-refractivity contribution is 14.1. The Balaban J connectivity index is 3.40. The molecule has 0 saturated carbocycles. The summed E-state index contributed by atoms with van der Waals surface area (Å²) in [5.41, 5.74) is 0. The SMILES string of the molecule is CC(O)C(=O)OCC(=O)OCCOCCNC(=O)CI. The Bertz CT molecular complexity index is 322. The van der Waals surface area contributed by atoms with E-state index in [0.717, 1.165) is 0 Å². The predicted molar refractivity (Wildman–Crippen MR) is 76.3 cm³/mol. The summed E-state index contributed by atoms with van der Waals surface area (Å²) >= 11 is 1.95. The van der Waals surface area contributed by atoms with Gasteiger partial charge in [-0.2, -0.15) is 0 Å². The van der Waals surface area contributed by atoms with Crippen LogP contribution in [0, 0.1) is 0 Å². The molecule has 0 aromatic rings. The number of ether oxygens (including phenoxy) is 3. The van der Waals surface area contributed by atoms with Crippen molar-refractivity contribution in [1.82, 2.24) is 5.32 Å². The van der Waals surface area contributed by atoms with E-state index in [-0.39, 0.29) is 19.1 Å². The normalized spacial score (nSPS) is 11.6. The molecule has 0 aromatic carbocycles. The third kappa shape index (κ3) is 10.9. The average Bonchev–Trinajstić information content (AvgIpc) is 2.42. The lowest BCUT2D eigenvalue weighted by molar-refractivity contribution is -0.164. The van der Waals surface area contributed by atoms with Gasteiger partial charge in [0.1, 0.15) is 12.7 Å². The summed E-state index contributed by atoms with van der Waals surface area (Å²) in [6.45, 7) is 1.59. The molecule has 1 amide bonds. The molecule has 20 heavy (non-hydrogen) atoms. The molecule has 0 aliphatic heterocycles. The second-order valence-corrected chi connectivity index (χ2v) is 4.36. The van der Waals surface area contributed by atoms with Crippen molar-refractivity contribution in [3.8, 4) is 0 Å². The van der Waals surface area contributed by atoms with Crippen molar-refractivity contribution >= 4 is 40.4 Å². The number of amides is 1. The first kappa shape index (κ1) is 19.1. The summed E-state index contributed by atoms with van der Waals surface area (Å²) in [4.78, 5) is 32.8. The van der Waals surface area contributed by atoms with Crippen LogP contribution >= 0.6 is 22.6 Å². The summed E-state index contributed by atoms with van der Waals surface area (Å²) in [6.07, 6.45) is -1.27. The first-order valence-electron chi connectivity index (χ1n) is 5.88. The number of esters is 2. The molecule has 0 aliphatic carbocycles. The van der Waals surface area contributed by atoms with Gasteiger partial charge in [0.2, 0.25) is 5.91 Å². The molecule has 0 heterocycles. The van der Waals surface area contributed by atoms with Crippen molar-refractivity contribution in [2.24, 2.45) is 0 Å². The Morgan fingerprint density at radius 3 is 2.50 bits per heavy atom. The zero-order valence-electron chi connectivity index (χ0n) is 11.1. The van der Waals surface area contributed by atoms with E-state index in [1.165, 1.54) is 6.92 Å². The van der Waals surface area contributed by atoms with Crippen LogP contribution in [0.1, 0.15) is 6.92 Å². The van der Waals surface area contributed by atoms with Crippen molar-refractivity contribution in [3.05, 3.63) is 0 Å². The van der Waals surface area contributed by atoms with Crippen LogP contribution in [0.15, 0.2) is 0 Å². The number of hydrogen-bond donors (Lipinski definition) is 2. The summed E-state index contributed by atoms with van der Waals surface area (Å²) in [5, 5.41) is 11.4. The molecule has 0 rings (SSSR count). The minimum Gasteiger partial charge on any atom is -0.461 e. The minimum absolute atomic E-state index is 0.0191. The van der Waals surface area contributed by atoms with E-state index < -0.39 is 24.6 Å². The van der Waals surface area contributed by atoms with Crippen LogP contribution in [0.3, 0.4) is 0 Å². The van der Waals surface area contributed by atoms with Gasteiger partial charge < -0.3 is 24.6 Å². The van der Waals surface area contributed by atoms with Gasteiger partial charge >= 0.3 is 11.9 Å². The molecule has 1 unspecified atom stereocenters. The van der Waals surface area contributed by atoms with Gasteiger partial charge in [0.15, 0.2) is 6.61 Å². The van der Waals surface area contributed by atoms with Crippen molar-refractivity contribution in [2.75, 3.05) is 37.4 Å². The molecular weight excluding hydrogens is 385 g/mol. The van der Waals surface area contributed by atoms with E-state index in [9.17, 15) is 14.4 Å². The molecule has 2 N–H and O–H groups in total. The number of rotatable bonds is 10. The molecule has 1 atom stereocenters. The van der Waals surface area contributed by atoms with Crippen LogP contribution in [0.25, 0.3) is 0 Å². The monoisotopic (exact) mass is 403 g/mol. The molecule has 0 spiro atoms. The van der Waals surface area contributed by atoms with Crippen LogP contribution < -0.4 is 5.32 Å². The number of aliphatic hydroxyl groups is 1. The third-order valence-electron chi connectivity index (χ3n) is 1.85. The van der Waals surface area contributed by atoms with Gasteiger partial charge in [-0.3, -0.25) is 4.79 Å². The second-order valence-electron chi connectivity index (χ2n) is 3.60. The van der Waals surface area contributed by atoms with Crippen LogP contribution in [0.4, 0.5) is 0 Å². The summed E-state index contributed by atoms with van der Waals surface area (Å²) in [5.74, 6) is -1.68. The van der Waals surface area contributed by atoms with Crippen molar-refractivity contribution in [2.45, 2.75) is 13.0 Å². The number of halogens is 1. The molecular formula is C11H18INO7. The van der Waals surface area contributed by atoms with E-state index in [4.69, 9.17) is 14.6 Å². The van der Waals surface area contributed by atoms with Gasteiger partial charge in [-0.1, -0.05) is 22.6 Å². The van der Waals surface area contributed by atoms with Gasteiger partial charge in [0.25, 0.3) is 0 Å². The van der Waals surface area contributed by atoms with Gasteiger partial charge in [-0.05, 0) is 6.92 Å². The van der Waals surface area contributed by atoms with E-state index >= 15 is 0 Å². The van der Waals surface area contributed by atoms with Crippen LogP contribution in [0.2, 0.25) is 0 Å². The molecule has 116 valence electrons. The molecule has 0 aromatic heterocycles. The number of carbonyl (C=O) groups is 3. The van der Waals surface area contributed by atoms with E-state index in [1.807, 2.05) is 22.6 Å². The Morgan fingerprint density at radius 2 is 1.90 bits per heavy atom. The number of alkyl halides is 1. The molecule has 9 heteroatoms. The zero-order valence-corrected chi connectivity index (χ0v) is 13.3. The van der Waals surface area contributed by atoms with Gasteiger partial charge in [-0.25, -0.2) is 9.59 Å². The highest BCUT2D eigenvalue weighted by atomic mass is 127. The molecule has 0 saturated heterocycles. The Labute approximate surface area is 130 Å². The molecule has 0 fully saturated rings. The van der Waals surface area contributed by atoms with E-state index in [1.54, 1.807) is 0 Å². The fourth-order valence-electron chi connectivity index (χ4n) is 0.919. The van der Waals surface area contributed by atoms with Gasteiger partial charge in [0.05, 0.1) is 17.6 Å². The molecule has 0 aliphatic rings. The van der Waals surface area contributed by atoms with Crippen molar-refractivity contribution in [1.29, 1.82) is 0 Å². The fourth-order valence-corrected chi connectivity index (χ4v) is 1.19. The maximum atomic E-state index is 11.1. The van der Waals surface area contributed by atoms with Crippen molar-refractivity contribution in [3.63, 3.8) is 0 Å². The highest BCUT2D eigenvalue weighted by Gasteiger charge is 2.13. The highest BCUT2D eigenvalue weighted by Crippen LogP contribution is 1.89. The zero-order chi connectivity index (χ0) is 15.4. The quantitative estimate of drug-likeness (QED) is 0.209. The largest absolute Gasteiger partial charge is 0.461 e. The van der Waals surface area contributed by atoms with E-state index in [2.05, 4.69) is 10.1 Å². The van der Waals surface area contributed by atoms with Crippen LogP contribution in [-0.4, -0.2) is 66.5 Å². The third-order valence-corrected chi connectivity index (χ3v) is 2.55.